The van der Waals surface area contributed by atoms with Gasteiger partial charge in [0.15, 0.2) is 5.13 Å². The molecule has 0 aromatic carbocycles. The highest BCUT2D eigenvalue weighted by Gasteiger charge is 2.12. The van der Waals surface area contributed by atoms with Crippen molar-refractivity contribution in [2.75, 3.05) is 5.32 Å². The van der Waals surface area contributed by atoms with E-state index in [0.717, 1.165) is 27.9 Å². The van der Waals surface area contributed by atoms with Crippen LogP contribution in [-0.4, -0.2) is 25.7 Å². The van der Waals surface area contributed by atoms with Crippen molar-refractivity contribution in [3.63, 3.8) is 0 Å². The van der Waals surface area contributed by atoms with E-state index in [1.165, 1.54) is 22.7 Å². The van der Waals surface area contributed by atoms with Gasteiger partial charge in [-0.25, -0.2) is 14.6 Å². The van der Waals surface area contributed by atoms with E-state index in [2.05, 4.69) is 20.4 Å². The van der Waals surface area contributed by atoms with Crippen LogP contribution < -0.4 is 5.32 Å². The van der Waals surface area contributed by atoms with Crippen molar-refractivity contribution in [3.05, 3.63) is 39.6 Å². The van der Waals surface area contributed by atoms with E-state index in [0.29, 0.717) is 5.13 Å². The predicted octanol–water partition coefficient (Wildman–Crippen LogP) is 2.89. The summed E-state index contributed by atoms with van der Waals surface area (Å²) in [5, 5.41) is 12.4. The number of carbonyl (C=O) groups is 1. The maximum absolute atomic E-state index is 12.0. The molecular formula is C14H15N5OS2. The molecule has 0 atom stereocenters. The second-order valence-electron chi connectivity index (χ2n) is 4.98. The predicted molar refractivity (Wildman–Crippen MR) is 87.9 cm³/mol. The van der Waals surface area contributed by atoms with E-state index < -0.39 is 0 Å². The molecule has 22 heavy (non-hydrogen) atoms. The molecule has 0 unspecified atom stereocenters. The smallest absolute Gasteiger partial charge is 0.232 e. The number of hydrogen-bond acceptors (Lipinski definition) is 6. The lowest BCUT2D eigenvalue weighted by Crippen LogP contribution is -2.14. The molecule has 6 nitrogen and oxygen atoms in total. The standard InChI is InChI=1S/C14H15N5OS2/c1-8-4-10(3)19(18-8)14-16-11(7-22-14)5-12(20)17-13-15-9(2)6-21-13/h4,6-7H,5H2,1-3H3,(H,15,17,20). The van der Waals surface area contributed by atoms with Crippen molar-refractivity contribution in [1.29, 1.82) is 0 Å². The second kappa shape index (κ2) is 5.98. The number of aryl methyl sites for hydroxylation is 3. The van der Waals surface area contributed by atoms with E-state index in [1.807, 2.05) is 37.6 Å². The number of nitrogens with zero attached hydrogens (tertiary/aromatic N) is 4. The lowest BCUT2D eigenvalue weighted by molar-refractivity contribution is -0.115. The van der Waals surface area contributed by atoms with Crippen LogP contribution in [0.3, 0.4) is 0 Å². The number of thiazole rings is 2. The highest BCUT2D eigenvalue weighted by atomic mass is 32.1. The van der Waals surface area contributed by atoms with Crippen molar-refractivity contribution >= 4 is 33.7 Å². The summed E-state index contributed by atoms with van der Waals surface area (Å²) in [6, 6.07) is 2.00. The first-order valence-electron chi connectivity index (χ1n) is 6.71. The summed E-state index contributed by atoms with van der Waals surface area (Å²) < 4.78 is 1.80. The number of carbonyl (C=O) groups excluding carboxylic acids is 1. The Labute approximate surface area is 135 Å². The van der Waals surface area contributed by atoms with Crippen LogP contribution in [0.15, 0.2) is 16.8 Å². The molecule has 0 aliphatic rings. The minimum Gasteiger partial charge on any atom is -0.302 e. The summed E-state index contributed by atoms with van der Waals surface area (Å²) in [7, 11) is 0. The summed E-state index contributed by atoms with van der Waals surface area (Å²) in [6.07, 6.45) is 0.231. The summed E-state index contributed by atoms with van der Waals surface area (Å²) in [4.78, 5) is 20.7. The van der Waals surface area contributed by atoms with Crippen LogP contribution in [0, 0.1) is 20.8 Å². The fourth-order valence-electron chi connectivity index (χ4n) is 2.04. The van der Waals surface area contributed by atoms with Gasteiger partial charge in [0.1, 0.15) is 0 Å². The Morgan fingerprint density at radius 3 is 2.64 bits per heavy atom. The molecule has 0 saturated heterocycles. The van der Waals surface area contributed by atoms with Gasteiger partial charge >= 0.3 is 0 Å². The van der Waals surface area contributed by atoms with Crippen LogP contribution in [0.25, 0.3) is 5.13 Å². The minimum absolute atomic E-state index is 0.112. The SMILES string of the molecule is Cc1csc(NC(=O)Cc2csc(-n3nc(C)cc3C)n2)n1. The van der Waals surface area contributed by atoms with Crippen LogP contribution >= 0.6 is 22.7 Å². The van der Waals surface area contributed by atoms with Gasteiger partial charge in [-0.15, -0.1) is 22.7 Å². The molecule has 0 aliphatic heterocycles. The van der Waals surface area contributed by atoms with Gasteiger partial charge in [0.25, 0.3) is 0 Å². The van der Waals surface area contributed by atoms with E-state index in [1.54, 1.807) is 4.68 Å². The largest absolute Gasteiger partial charge is 0.302 e. The number of nitrogens with one attached hydrogen (secondary N) is 1. The number of amides is 1. The molecule has 3 rings (SSSR count). The van der Waals surface area contributed by atoms with E-state index in [-0.39, 0.29) is 12.3 Å². The fraction of sp³-hybridized carbons (Fsp3) is 0.286. The molecule has 1 N–H and O–H groups in total. The molecule has 0 bridgehead atoms. The molecule has 0 radical (unpaired) electrons. The Bertz CT molecular complexity index is 817. The molecule has 1 amide bonds. The Morgan fingerprint density at radius 1 is 1.18 bits per heavy atom. The lowest BCUT2D eigenvalue weighted by Gasteiger charge is -1.99. The van der Waals surface area contributed by atoms with E-state index in [4.69, 9.17) is 0 Å². The van der Waals surface area contributed by atoms with Gasteiger partial charge in [-0.2, -0.15) is 5.10 Å². The third-order valence-electron chi connectivity index (χ3n) is 2.94. The number of hydrogen-bond donors (Lipinski definition) is 1. The maximum Gasteiger partial charge on any atom is 0.232 e. The summed E-state index contributed by atoms with van der Waals surface area (Å²) >= 11 is 2.90. The van der Waals surface area contributed by atoms with Crippen molar-refractivity contribution in [2.45, 2.75) is 27.2 Å². The second-order valence-corrected chi connectivity index (χ2v) is 6.67. The molecular weight excluding hydrogens is 318 g/mol. The van der Waals surface area contributed by atoms with E-state index >= 15 is 0 Å². The number of anilines is 1. The Kier molecular flexibility index (Phi) is 4.04. The molecule has 114 valence electrons. The molecule has 0 fully saturated rings. The summed E-state index contributed by atoms with van der Waals surface area (Å²) in [5.41, 5.74) is 3.62. The molecule has 3 aromatic rings. The normalized spacial score (nSPS) is 10.9. The maximum atomic E-state index is 12.0. The van der Waals surface area contributed by atoms with Crippen LogP contribution in [0.2, 0.25) is 0 Å². The first-order chi connectivity index (χ1) is 10.5. The number of aromatic nitrogens is 4. The van der Waals surface area contributed by atoms with Gasteiger partial charge in [-0.1, -0.05) is 0 Å². The van der Waals surface area contributed by atoms with Crippen LogP contribution in [0.1, 0.15) is 22.8 Å². The molecule has 0 spiro atoms. The van der Waals surface area contributed by atoms with Crippen LogP contribution in [-0.2, 0) is 11.2 Å². The van der Waals surface area contributed by atoms with Gasteiger partial charge in [0.2, 0.25) is 11.0 Å². The van der Waals surface area contributed by atoms with Gasteiger partial charge in [0.05, 0.1) is 23.5 Å². The van der Waals surface area contributed by atoms with Crippen LogP contribution in [0.4, 0.5) is 5.13 Å². The summed E-state index contributed by atoms with van der Waals surface area (Å²) in [6.45, 7) is 5.83. The first kappa shape index (κ1) is 14.9. The Balaban J connectivity index is 1.69. The highest BCUT2D eigenvalue weighted by Crippen LogP contribution is 2.18. The third kappa shape index (κ3) is 3.23. The Hall–Kier alpha value is -2.06. The van der Waals surface area contributed by atoms with Crippen molar-refractivity contribution in [1.82, 2.24) is 19.7 Å². The number of rotatable bonds is 4. The van der Waals surface area contributed by atoms with Crippen LogP contribution in [0.5, 0.6) is 0 Å². The molecule has 3 heterocycles. The van der Waals surface area contributed by atoms with Crippen molar-refractivity contribution < 1.29 is 4.79 Å². The average molecular weight is 333 g/mol. The Morgan fingerprint density at radius 2 is 2.00 bits per heavy atom. The van der Waals surface area contributed by atoms with Gasteiger partial charge < -0.3 is 5.32 Å². The monoisotopic (exact) mass is 333 g/mol. The van der Waals surface area contributed by atoms with Gasteiger partial charge in [-0.3, -0.25) is 4.79 Å². The zero-order valence-corrected chi connectivity index (χ0v) is 14.1. The zero-order chi connectivity index (χ0) is 15.7. The first-order valence-corrected chi connectivity index (χ1v) is 8.47. The molecule has 8 heteroatoms. The molecule has 0 saturated carbocycles. The van der Waals surface area contributed by atoms with Crippen molar-refractivity contribution in [2.24, 2.45) is 0 Å². The van der Waals surface area contributed by atoms with Gasteiger partial charge in [-0.05, 0) is 26.8 Å². The van der Waals surface area contributed by atoms with Crippen molar-refractivity contribution in [3.8, 4) is 5.13 Å². The molecule has 3 aromatic heterocycles. The summed E-state index contributed by atoms with van der Waals surface area (Å²) in [5.74, 6) is -0.112. The lowest BCUT2D eigenvalue weighted by atomic mass is 10.3. The quantitative estimate of drug-likeness (QED) is 0.797. The zero-order valence-electron chi connectivity index (χ0n) is 12.5. The van der Waals surface area contributed by atoms with E-state index in [9.17, 15) is 4.79 Å². The molecule has 0 aliphatic carbocycles. The third-order valence-corrected chi connectivity index (χ3v) is 4.68. The fourth-order valence-corrected chi connectivity index (χ4v) is 3.57. The average Bonchev–Trinajstić information content (AvgIpc) is 3.12. The topological polar surface area (TPSA) is 72.7 Å². The van der Waals surface area contributed by atoms with Gasteiger partial charge in [0, 0.05) is 16.5 Å². The highest BCUT2D eigenvalue weighted by molar-refractivity contribution is 7.14. The minimum atomic E-state index is -0.112.